The normalized spacial score (nSPS) is 12.9. The Morgan fingerprint density at radius 3 is 2.20 bits per heavy atom. The van der Waals surface area contributed by atoms with Gasteiger partial charge in [0.25, 0.3) is 5.91 Å². The zero-order chi connectivity index (χ0) is 30.2. The van der Waals surface area contributed by atoms with Crippen LogP contribution >= 0.6 is 12.6 Å². The molecule has 7 nitrogen and oxygen atoms in total. The highest BCUT2D eigenvalue weighted by Gasteiger charge is 2.37. The summed E-state index contributed by atoms with van der Waals surface area (Å²) in [4.78, 5) is 42.6. The monoisotopic (exact) mass is 577 g/mol. The fraction of sp³-hybridized carbons (Fsp3) is 0.424. The van der Waals surface area contributed by atoms with Gasteiger partial charge >= 0.3 is 6.09 Å². The van der Waals surface area contributed by atoms with Gasteiger partial charge < -0.3 is 20.3 Å². The molecule has 0 saturated carbocycles. The van der Waals surface area contributed by atoms with Crippen molar-refractivity contribution in [3.05, 3.63) is 77.4 Å². The van der Waals surface area contributed by atoms with Crippen LogP contribution in [0.4, 0.5) is 10.5 Å². The van der Waals surface area contributed by atoms with Gasteiger partial charge in [-0.05, 0) is 80.6 Å². The van der Waals surface area contributed by atoms with E-state index in [2.05, 4.69) is 30.2 Å². The summed E-state index contributed by atoms with van der Waals surface area (Å²) in [5, 5.41) is 7.82. The number of carbonyl (C=O) groups excluding carboxylic acids is 3. The number of alkyl carbamates (subject to hydrolysis) is 1. The zero-order valence-corrected chi connectivity index (χ0v) is 25.9. The zero-order valence-electron chi connectivity index (χ0n) is 25.0. The molecule has 41 heavy (non-hydrogen) atoms. The molecule has 220 valence electrons. The maximum Gasteiger partial charge on any atom is 0.408 e. The van der Waals surface area contributed by atoms with E-state index < -0.39 is 23.8 Å². The van der Waals surface area contributed by atoms with E-state index in [0.717, 1.165) is 40.3 Å². The van der Waals surface area contributed by atoms with Crippen LogP contribution in [0.1, 0.15) is 69.7 Å². The standard InChI is InChI=1S/C33H43N3O4S/c1-7-8-11-19-36(31(38)27(21-41)35-32(39)40-33(4,5)6)29(28-22(2)13-12-14-23(28)3)30(37)34-26-18-17-24-15-9-10-16-25(24)20-26/h9-10,12-18,20,27,29,41H,7-8,11,19,21H2,1-6H3,(H,34,37)(H,35,39). The lowest BCUT2D eigenvalue weighted by atomic mass is 9.93. The van der Waals surface area contributed by atoms with Crippen LogP contribution in [0, 0.1) is 13.8 Å². The Balaban J connectivity index is 2.04. The molecule has 0 aliphatic heterocycles. The van der Waals surface area contributed by atoms with Crippen molar-refractivity contribution in [3.8, 4) is 0 Å². The third kappa shape index (κ3) is 8.73. The van der Waals surface area contributed by atoms with Crippen molar-refractivity contribution in [3.63, 3.8) is 0 Å². The summed E-state index contributed by atoms with van der Waals surface area (Å²) in [6.45, 7) is 11.6. The molecule has 2 atom stereocenters. The van der Waals surface area contributed by atoms with E-state index in [4.69, 9.17) is 4.74 Å². The molecule has 0 bridgehead atoms. The Labute approximate surface area is 249 Å². The molecule has 3 aromatic carbocycles. The molecular weight excluding hydrogens is 534 g/mol. The molecule has 0 heterocycles. The minimum Gasteiger partial charge on any atom is -0.444 e. The topological polar surface area (TPSA) is 87.7 Å². The maximum absolute atomic E-state index is 14.2. The van der Waals surface area contributed by atoms with Gasteiger partial charge in [0, 0.05) is 18.0 Å². The quantitative estimate of drug-likeness (QED) is 0.170. The Bertz CT molecular complexity index is 1350. The van der Waals surface area contributed by atoms with E-state index in [0.29, 0.717) is 18.7 Å². The Kier molecular flexibility index (Phi) is 11.2. The molecular formula is C33H43N3O4S. The fourth-order valence-electron chi connectivity index (χ4n) is 4.90. The van der Waals surface area contributed by atoms with E-state index in [9.17, 15) is 14.4 Å². The van der Waals surface area contributed by atoms with Crippen molar-refractivity contribution >= 4 is 47.0 Å². The van der Waals surface area contributed by atoms with Crippen LogP contribution in [0.15, 0.2) is 60.7 Å². The molecule has 0 aromatic heterocycles. The SMILES string of the molecule is CCCCCN(C(=O)C(CS)NC(=O)OC(C)(C)C)C(C(=O)Nc1ccc2ccccc2c1)c1c(C)cccc1C. The van der Waals surface area contributed by atoms with Crippen molar-refractivity contribution in [2.24, 2.45) is 0 Å². The first-order chi connectivity index (χ1) is 19.4. The number of aryl methyl sites for hydroxylation is 2. The van der Waals surface area contributed by atoms with Crippen LogP contribution in [-0.2, 0) is 14.3 Å². The van der Waals surface area contributed by atoms with Crippen LogP contribution in [-0.4, -0.2) is 46.7 Å². The van der Waals surface area contributed by atoms with Crippen molar-refractivity contribution < 1.29 is 19.1 Å². The number of carbonyl (C=O) groups is 3. The lowest BCUT2D eigenvalue weighted by Crippen LogP contribution is -2.53. The number of nitrogens with zero attached hydrogens (tertiary/aromatic N) is 1. The van der Waals surface area contributed by atoms with E-state index in [1.807, 2.05) is 74.5 Å². The summed E-state index contributed by atoms with van der Waals surface area (Å²) in [6.07, 6.45) is 1.84. The van der Waals surface area contributed by atoms with Crippen LogP contribution < -0.4 is 10.6 Å². The minimum absolute atomic E-state index is 0.0497. The van der Waals surface area contributed by atoms with Crippen molar-refractivity contribution in [1.82, 2.24) is 10.2 Å². The van der Waals surface area contributed by atoms with Crippen LogP contribution in [0.2, 0.25) is 0 Å². The number of benzene rings is 3. The molecule has 2 N–H and O–H groups in total. The number of hydrogen-bond donors (Lipinski definition) is 3. The third-order valence-electron chi connectivity index (χ3n) is 6.85. The highest BCUT2D eigenvalue weighted by atomic mass is 32.1. The van der Waals surface area contributed by atoms with Gasteiger partial charge in [0.1, 0.15) is 17.7 Å². The Hall–Kier alpha value is -3.52. The van der Waals surface area contributed by atoms with Gasteiger partial charge in [0.15, 0.2) is 0 Å². The molecule has 0 spiro atoms. The number of rotatable bonds is 11. The molecule has 0 radical (unpaired) electrons. The average Bonchev–Trinajstić information content (AvgIpc) is 2.91. The number of anilines is 1. The third-order valence-corrected chi connectivity index (χ3v) is 7.22. The van der Waals surface area contributed by atoms with E-state index >= 15 is 0 Å². The summed E-state index contributed by atoms with van der Waals surface area (Å²) in [6, 6.07) is 17.6. The summed E-state index contributed by atoms with van der Waals surface area (Å²) >= 11 is 4.39. The molecule has 0 aliphatic rings. The number of ether oxygens (including phenoxy) is 1. The second-order valence-electron chi connectivity index (χ2n) is 11.4. The molecule has 8 heteroatoms. The second-order valence-corrected chi connectivity index (χ2v) is 11.7. The summed E-state index contributed by atoms with van der Waals surface area (Å²) in [7, 11) is 0. The van der Waals surface area contributed by atoms with Gasteiger partial charge in [0.05, 0.1) is 0 Å². The van der Waals surface area contributed by atoms with E-state index in [1.54, 1.807) is 25.7 Å². The molecule has 2 unspecified atom stereocenters. The fourth-order valence-corrected chi connectivity index (χ4v) is 5.15. The predicted molar refractivity (Wildman–Crippen MR) is 169 cm³/mol. The average molecular weight is 578 g/mol. The maximum atomic E-state index is 14.2. The number of unbranched alkanes of at least 4 members (excludes halogenated alkanes) is 2. The van der Waals surface area contributed by atoms with Gasteiger partial charge in [0.2, 0.25) is 5.91 Å². The molecule has 3 rings (SSSR count). The summed E-state index contributed by atoms with van der Waals surface area (Å²) < 4.78 is 5.41. The highest BCUT2D eigenvalue weighted by Crippen LogP contribution is 2.31. The smallest absolute Gasteiger partial charge is 0.408 e. The van der Waals surface area contributed by atoms with Crippen molar-refractivity contribution in [2.45, 2.75) is 78.5 Å². The van der Waals surface area contributed by atoms with Crippen LogP contribution in [0.25, 0.3) is 10.8 Å². The van der Waals surface area contributed by atoms with Crippen LogP contribution in [0.3, 0.4) is 0 Å². The lowest BCUT2D eigenvalue weighted by Gasteiger charge is -2.35. The number of amides is 3. The largest absolute Gasteiger partial charge is 0.444 e. The van der Waals surface area contributed by atoms with Gasteiger partial charge in [-0.3, -0.25) is 9.59 Å². The molecule has 0 aliphatic carbocycles. The van der Waals surface area contributed by atoms with Crippen LogP contribution in [0.5, 0.6) is 0 Å². The lowest BCUT2D eigenvalue weighted by molar-refractivity contribution is -0.140. The molecule has 3 amide bonds. The van der Waals surface area contributed by atoms with Crippen molar-refractivity contribution in [1.29, 1.82) is 0 Å². The van der Waals surface area contributed by atoms with Gasteiger partial charge in [-0.15, -0.1) is 0 Å². The van der Waals surface area contributed by atoms with Gasteiger partial charge in [-0.2, -0.15) is 12.6 Å². The minimum atomic E-state index is -0.977. The Morgan fingerprint density at radius 2 is 1.59 bits per heavy atom. The van der Waals surface area contributed by atoms with Crippen molar-refractivity contribution in [2.75, 3.05) is 17.6 Å². The van der Waals surface area contributed by atoms with Gasteiger partial charge in [-0.25, -0.2) is 4.79 Å². The van der Waals surface area contributed by atoms with E-state index in [-0.39, 0.29) is 17.6 Å². The number of hydrogen-bond acceptors (Lipinski definition) is 5. The predicted octanol–water partition coefficient (Wildman–Crippen LogP) is 6.98. The number of thiol groups is 1. The summed E-state index contributed by atoms with van der Waals surface area (Å²) in [5.74, 6) is -0.658. The number of nitrogens with one attached hydrogen (secondary N) is 2. The molecule has 0 saturated heterocycles. The molecule has 3 aromatic rings. The first-order valence-corrected chi connectivity index (χ1v) is 14.8. The summed E-state index contributed by atoms with van der Waals surface area (Å²) in [5.41, 5.74) is 2.49. The first kappa shape index (κ1) is 32.0. The van der Waals surface area contributed by atoms with E-state index in [1.165, 1.54) is 0 Å². The second kappa shape index (κ2) is 14.4. The Morgan fingerprint density at radius 1 is 0.927 bits per heavy atom. The molecule has 0 fully saturated rings. The first-order valence-electron chi connectivity index (χ1n) is 14.2. The highest BCUT2D eigenvalue weighted by molar-refractivity contribution is 7.80. The van der Waals surface area contributed by atoms with Gasteiger partial charge in [-0.1, -0.05) is 68.3 Å². The number of fused-ring (bicyclic) bond motifs is 1.